The van der Waals surface area contributed by atoms with Crippen LogP contribution < -0.4 is 0 Å². The van der Waals surface area contributed by atoms with Crippen LogP contribution in [-0.4, -0.2) is 26.3 Å². The summed E-state index contributed by atoms with van der Waals surface area (Å²) in [6.45, 7) is 0. The van der Waals surface area contributed by atoms with Crippen LogP contribution in [0.2, 0.25) is 10.2 Å². The van der Waals surface area contributed by atoms with Crippen molar-refractivity contribution in [3.05, 3.63) is 97.0 Å². The topological polar surface area (TPSA) is 79.5 Å². The maximum atomic E-state index is 13.8. The number of phenols is 2. The Morgan fingerprint density at radius 2 is 1.55 bits per heavy atom. The van der Waals surface area contributed by atoms with Gasteiger partial charge in [-0.05, 0) is 36.4 Å². The highest BCUT2D eigenvalue weighted by Crippen LogP contribution is 2.45. The van der Waals surface area contributed by atoms with E-state index in [2.05, 4.69) is 0 Å². The molecule has 0 spiro atoms. The average Bonchev–Trinajstić information content (AvgIpc) is 3.24. The van der Waals surface area contributed by atoms with Crippen molar-refractivity contribution in [2.24, 2.45) is 0 Å². The Hall–Kier alpha value is -2.77. The van der Waals surface area contributed by atoms with Crippen LogP contribution in [0, 0.1) is 5.82 Å². The summed E-state index contributed by atoms with van der Waals surface area (Å²) >= 11 is 25.2. The molecule has 1 aliphatic rings. The third-order valence-electron chi connectivity index (χ3n) is 5.04. The number of aromatic nitrogens is 1. The molecular weight excluding hydrogens is 515 g/mol. The fourth-order valence-corrected chi connectivity index (χ4v) is 4.40. The van der Waals surface area contributed by atoms with Crippen molar-refractivity contribution in [2.45, 2.75) is 6.42 Å². The van der Waals surface area contributed by atoms with Gasteiger partial charge in [0.25, 0.3) is 0 Å². The highest BCUT2D eigenvalue weighted by Gasteiger charge is 2.34. The summed E-state index contributed by atoms with van der Waals surface area (Å²) in [4.78, 5) is 26.5. The molecule has 2 aromatic carbocycles. The molecular formula is C23H12Cl4FNO4. The van der Waals surface area contributed by atoms with Crippen LogP contribution in [0.25, 0.3) is 5.70 Å². The first-order valence-corrected chi connectivity index (χ1v) is 10.8. The fourth-order valence-electron chi connectivity index (χ4n) is 3.50. The van der Waals surface area contributed by atoms with Crippen molar-refractivity contribution in [1.82, 2.24) is 4.57 Å². The molecule has 3 aromatic rings. The van der Waals surface area contributed by atoms with Gasteiger partial charge in [0.1, 0.15) is 22.5 Å². The number of phenolic OH excluding ortho intramolecular Hbond substituents is 2. The van der Waals surface area contributed by atoms with E-state index in [1.54, 1.807) is 12.1 Å². The summed E-state index contributed by atoms with van der Waals surface area (Å²) in [5.41, 5.74) is -0.497. The van der Waals surface area contributed by atoms with Gasteiger partial charge in [-0.2, -0.15) is 0 Å². The number of ketones is 2. The lowest BCUT2D eigenvalue weighted by molar-refractivity contribution is 0.101. The molecule has 0 unspecified atom stereocenters. The predicted octanol–water partition coefficient (Wildman–Crippen LogP) is 6.76. The van der Waals surface area contributed by atoms with E-state index in [-0.39, 0.29) is 60.5 Å². The second kappa shape index (κ2) is 8.88. The Balaban J connectivity index is 1.96. The van der Waals surface area contributed by atoms with E-state index in [0.29, 0.717) is 0 Å². The third-order valence-corrected chi connectivity index (χ3v) is 6.63. The number of carbonyl (C=O) groups excluding carboxylic acids is 2. The molecule has 2 N–H and O–H groups in total. The molecule has 1 aliphatic carbocycles. The van der Waals surface area contributed by atoms with Crippen LogP contribution in [0.4, 0.5) is 4.39 Å². The van der Waals surface area contributed by atoms with E-state index in [1.807, 2.05) is 0 Å². The second-order valence-electron chi connectivity index (χ2n) is 7.06. The maximum absolute atomic E-state index is 13.8. The van der Waals surface area contributed by atoms with E-state index in [0.717, 1.165) is 22.8 Å². The number of rotatable bonds is 5. The quantitative estimate of drug-likeness (QED) is 0.360. The molecule has 1 heterocycles. The van der Waals surface area contributed by atoms with Crippen LogP contribution in [-0.2, 0) is 0 Å². The van der Waals surface area contributed by atoms with Gasteiger partial charge in [-0.25, -0.2) is 4.39 Å². The largest absolute Gasteiger partial charge is 0.507 e. The molecule has 168 valence electrons. The Morgan fingerprint density at radius 3 is 2.24 bits per heavy atom. The number of para-hydroxylation sites is 1. The van der Waals surface area contributed by atoms with Gasteiger partial charge in [-0.3, -0.25) is 14.2 Å². The van der Waals surface area contributed by atoms with Gasteiger partial charge in [0.05, 0.1) is 32.6 Å². The molecule has 0 bridgehead atoms. The summed E-state index contributed by atoms with van der Waals surface area (Å²) in [5, 5.41) is 20.1. The molecule has 0 atom stereocenters. The average molecular weight is 527 g/mol. The van der Waals surface area contributed by atoms with E-state index in [1.165, 1.54) is 18.2 Å². The molecule has 0 fully saturated rings. The van der Waals surface area contributed by atoms with Crippen LogP contribution in [0.1, 0.15) is 32.8 Å². The molecule has 5 nitrogen and oxygen atoms in total. The summed E-state index contributed by atoms with van der Waals surface area (Å²) < 4.78 is 14.9. The standard InChI is InChI=1S/C23H12Cl4FNO4/c24-14-8-13(21(32)11-3-1-2-4-17(11)30)20(19(14)26)29-16(9-15(25)23(29)27)22(33)12-7-10(28)5-6-18(12)31/h1-7,9,30-31H,8H2. The first kappa shape index (κ1) is 23.4. The monoisotopic (exact) mass is 525 g/mol. The summed E-state index contributed by atoms with van der Waals surface area (Å²) in [5.74, 6) is -2.89. The lowest BCUT2D eigenvalue weighted by Crippen LogP contribution is -2.13. The molecule has 0 radical (unpaired) electrons. The minimum Gasteiger partial charge on any atom is -0.507 e. The number of aromatic hydroxyl groups is 2. The summed E-state index contributed by atoms with van der Waals surface area (Å²) in [6, 6.07) is 9.99. The number of halogens is 5. The number of hydrogen-bond acceptors (Lipinski definition) is 4. The zero-order valence-corrected chi connectivity index (χ0v) is 19.4. The van der Waals surface area contributed by atoms with E-state index < -0.39 is 23.1 Å². The highest BCUT2D eigenvalue weighted by molar-refractivity contribution is 6.47. The van der Waals surface area contributed by atoms with Gasteiger partial charge in [0.2, 0.25) is 5.78 Å². The Morgan fingerprint density at radius 1 is 0.879 bits per heavy atom. The molecule has 0 amide bonds. The van der Waals surface area contributed by atoms with E-state index >= 15 is 0 Å². The lowest BCUT2D eigenvalue weighted by atomic mass is 10.0. The van der Waals surface area contributed by atoms with Crippen molar-refractivity contribution in [2.75, 3.05) is 0 Å². The van der Waals surface area contributed by atoms with Crippen LogP contribution in [0.15, 0.2) is 64.2 Å². The number of benzene rings is 2. The molecule has 10 heteroatoms. The Kier molecular flexibility index (Phi) is 6.29. The first-order valence-electron chi connectivity index (χ1n) is 9.32. The SMILES string of the molecule is O=C(C1=C(n2c(C(=O)c3cc(F)ccc3O)cc(Cl)c2Cl)C(Cl)=C(Cl)C1)c1ccccc1O. The molecule has 33 heavy (non-hydrogen) atoms. The highest BCUT2D eigenvalue weighted by atomic mass is 35.5. The van der Waals surface area contributed by atoms with Crippen LogP contribution in [0.3, 0.4) is 0 Å². The minimum absolute atomic E-state index is 0.00828. The van der Waals surface area contributed by atoms with Crippen LogP contribution >= 0.6 is 46.4 Å². The normalized spacial score (nSPS) is 13.7. The zero-order chi connectivity index (χ0) is 24.0. The number of carbonyl (C=O) groups is 2. The predicted molar refractivity (Wildman–Crippen MR) is 125 cm³/mol. The van der Waals surface area contributed by atoms with Gasteiger partial charge >= 0.3 is 0 Å². The van der Waals surface area contributed by atoms with Crippen molar-refractivity contribution < 1.29 is 24.2 Å². The number of hydrogen-bond donors (Lipinski definition) is 2. The number of Topliss-reactive ketones (excluding diaryl/α,β-unsaturated/α-hetero) is 1. The van der Waals surface area contributed by atoms with Gasteiger partial charge < -0.3 is 10.2 Å². The minimum atomic E-state index is -0.824. The third kappa shape index (κ3) is 4.04. The van der Waals surface area contributed by atoms with Gasteiger partial charge in [-0.1, -0.05) is 58.5 Å². The van der Waals surface area contributed by atoms with Gasteiger partial charge in [0, 0.05) is 17.0 Å². The van der Waals surface area contributed by atoms with Crippen molar-refractivity contribution in [1.29, 1.82) is 0 Å². The second-order valence-corrected chi connectivity index (χ2v) is 8.66. The van der Waals surface area contributed by atoms with Crippen molar-refractivity contribution >= 4 is 63.7 Å². The number of allylic oxidation sites excluding steroid dienone is 4. The summed E-state index contributed by atoms with van der Waals surface area (Å²) in [7, 11) is 0. The van der Waals surface area contributed by atoms with Crippen molar-refractivity contribution in [3.63, 3.8) is 0 Å². The van der Waals surface area contributed by atoms with Crippen LogP contribution in [0.5, 0.6) is 11.5 Å². The Bertz CT molecular complexity index is 1410. The maximum Gasteiger partial charge on any atom is 0.213 e. The molecule has 4 rings (SSSR count). The Labute approximate surface area is 206 Å². The molecule has 1 aromatic heterocycles. The van der Waals surface area contributed by atoms with E-state index in [4.69, 9.17) is 46.4 Å². The molecule has 0 saturated heterocycles. The molecule has 0 saturated carbocycles. The first-order chi connectivity index (χ1) is 15.6. The molecule has 0 aliphatic heterocycles. The lowest BCUT2D eigenvalue weighted by Gasteiger charge is -2.15. The van der Waals surface area contributed by atoms with Crippen molar-refractivity contribution in [3.8, 4) is 11.5 Å². The summed E-state index contributed by atoms with van der Waals surface area (Å²) in [6.07, 6.45) is -0.0894. The number of nitrogens with zero attached hydrogens (tertiary/aromatic N) is 1. The van der Waals surface area contributed by atoms with Gasteiger partial charge in [-0.15, -0.1) is 0 Å². The van der Waals surface area contributed by atoms with E-state index in [9.17, 15) is 24.2 Å². The zero-order valence-electron chi connectivity index (χ0n) is 16.4. The smallest absolute Gasteiger partial charge is 0.213 e. The van der Waals surface area contributed by atoms with Gasteiger partial charge in [0.15, 0.2) is 5.78 Å². The fraction of sp³-hybridized carbons (Fsp3) is 0.0435.